The maximum Gasteiger partial charge on any atom is 0.181 e. The third-order valence-electron chi connectivity index (χ3n) is 2.66. The predicted octanol–water partition coefficient (Wildman–Crippen LogP) is 1.69. The molecule has 2 aromatic rings. The number of hydrogen-bond acceptors (Lipinski definition) is 4. The molecule has 0 amide bonds. The summed E-state index contributed by atoms with van der Waals surface area (Å²) in [6.45, 7) is 4.21. The van der Waals surface area contributed by atoms with E-state index in [1.54, 1.807) is 24.9 Å². The lowest BCUT2D eigenvalue weighted by molar-refractivity contribution is 0.0651. The Morgan fingerprint density at radius 2 is 1.94 bits per heavy atom. The molecule has 5 heteroatoms. The van der Waals surface area contributed by atoms with E-state index in [1.165, 1.54) is 0 Å². The summed E-state index contributed by atoms with van der Waals surface area (Å²) >= 11 is 0. The summed E-state index contributed by atoms with van der Waals surface area (Å²) in [6, 6.07) is 7.44. The Morgan fingerprint density at radius 1 is 1.28 bits per heavy atom. The maximum atomic E-state index is 9.66. The van der Waals surface area contributed by atoms with E-state index < -0.39 is 5.60 Å². The van der Waals surface area contributed by atoms with Crippen molar-refractivity contribution in [3.63, 3.8) is 0 Å². The van der Waals surface area contributed by atoms with Crippen LogP contribution in [0, 0.1) is 0 Å². The molecule has 0 atom stereocenters. The van der Waals surface area contributed by atoms with Gasteiger partial charge in [-0.25, -0.2) is 4.98 Å². The molecule has 96 valence electrons. The van der Waals surface area contributed by atoms with Crippen LogP contribution in [-0.4, -0.2) is 25.5 Å². The van der Waals surface area contributed by atoms with Crippen molar-refractivity contribution in [2.24, 2.45) is 0 Å². The summed E-state index contributed by atoms with van der Waals surface area (Å²) in [7, 11) is 0. The Labute approximate surface area is 106 Å². The van der Waals surface area contributed by atoms with E-state index in [0.29, 0.717) is 18.8 Å². The molecule has 0 bridgehead atoms. The molecule has 5 nitrogen and oxygen atoms in total. The molecular weight excluding hydrogens is 228 g/mol. The van der Waals surface area contributed by atoms with Crippen molar-refractivity contribution in [1.82, 2.24) is 14.8 Å². The van der Waals surface area contributed by atoms with Gasteiger partial charge < -0.3 is 10.8 Å². The van der Waals surface area contributed by atoms with Crippen LogP contribution in [0.15, 0.2) is 30.6 Å². The Hall–Kier alpha value is -1.88. The first-order valence-corrected chi connectivity index (χ1v) is 5.92. The molecule has 18 heavy (non-hydrogen) atoms. The Morgan fingerprint density at radius 3 is 2.56 bits per heavy atom. The molecule has 0 aliphatic heterocycles. The van der Waals surface area contributed by atoms with Gasteiger partial charge in [0.2, 0.25) is 0 Å². The van der Waals surface area contributed by atoms with Gasteiger partial charge in [0, 0.05) is 17.8 Å². The minimum absolute atomic E-state index is 0.636. The molecule has 0 saturated heterocycles. The Balaban J connectivity index is 2.08. The molecule has 0 aliphatic rings. The quantitative estimate of drug-likeness (QED) is 0.805. The SMILES string of the molecule is CC(C)(O)CCn1cnc(-c2ccc(N)cc2)n1. The van der Waals surface area contributed by atoms with E-state index in [1.807, 2.05) is 24.3 Å². The second kappa shape index (κ2) is 4.78. The van der Waals surface area contributed by atoms with Crippen molar-refractivity contribution in [3.8, 4) is 11.4 Å². The summed E-state index contributed by atoms with van der Waals surface area (Å²) in [5.74, 6) is 0.672. The minimum Gasteiger partial charge on any atom is -0.399 e. The van der Waals surface area contributed by atoms with Crippen molar-refractivity contribution in [2.45, 2.75) is 32.4 Å². The molecule has 0 aliphatic carbocycles. The topological polar surface area (TPSA) is 77.0 Å². The van der Waals surface area contributed by atoms with Crippen LogP contribution in [0.25, 0.3) is 11.4 Å². The number of rotatable bonds is 4. The number of aromatic nitrogens is 3. The highest BCUT2D eigenvalue weighted by molar-refractivity contribution is 5.57. The van der Waals surface area contributed by atoms with Gasteiger partial charge in [-0.1, -0.05) is 0 Å². The molecule has 1 aromatic heterocycles. The van der Waals surface area contributed by atoms with Crippen LogP contribution in [0.2, 0.25) is 0 Å². The summed E-state index contributed by atoms with van der Waals surface area (Å²) in [6.07, 6.45) is 2.31. The number of aliphatic hydroxyl groups is 1. The summed E-state index contributed by atoms with van der Waals surface area (Å²) in [4.78, 5) is 4.25. The van der Waals surface area contributed by atoms with E-state index in [2.05, 4.69) is 10.1 Å². The molecule has 3 N–H and O–H groups in total. The average Bonchev–Trinajstić information content (AvgIpc) is 2.75. The van der Waals surface area contributed by atoms with Crippen LogP contribution in [0.3, 0.4) is 0 Å². The maximum absolute atomic E-state index is 9.66. The van der Waals surface area contributed by atoms with Gasteiger partial charge in [-0.2, -0.15) is 5.10 Å². The fraction of sp³-hybridized carbons (Fsp3) is 0.385. The smallest absolute Gasteiger partial charge is 0.181 e. The van der Waals surface area contributed by atoms with Gasteiger partial charge in [-0.15, -0.1) is 0 Å². The fourth-order valence-corrected chi connectivity index (χ4v) is 1.55. The van der Waals surface area contributed by atoms with Crippen LogP contribution in [-0.2, 0) is 6.54 Å². The predicted molar refractivity (Wildman–Crippen MR) is 70.8 cm³/mol. The highest BCUT2D eigenvalue weighted by Crippen LogP contribution is 2.16. The van der Waals surface area contributed by atoms with E-state index in [9.17, 15) is 5.11 Å². The Bertz CT molecular complexity index is 511. The lowest BCUT2D eigenvalue weighted by atomic mass is 10.1. The first-order chi connectivity index (χ1) is 8.44. The number of nitrogens with two attached hydrogens (primary N) is 1. The average molecular weight is 246 g/mol. The number of aryl methyl sites for hydroxylation is 1. The molecule has 0 fully saturated rings. The van der Waals surface area contributed by atoms with Gasteiger partial charge in [-0.05, 0) is 44.5 Å². The van der Waals surface area contributed by atoms with Gasteiger partial charge >= 0.3 is 0 Å². The second-order valence-electron chi connectivity index (χ2n) is 5.02. The monoisotopic (exact) mass is 246 g/mol. The van der Waals surface area contributed by atoms with E-state index in [-0.39, 0.29) is 0 Å². The van der Waals surface area contributed by atoms with Gasteiger partial charge in [-0.3, -0.25) is 4.68 Å². The number of hydrogen-bond donors (Lipinski definition) is 2. The number of nitrogen functional groups attached to an aromatic ring is 1. The van der Waals surface area contributed by atoms with E-state index >= 15 is 0 Å². The zero-order valence-electron chi connectivity index (χ0n) is 10.7. The zero-order valence-corrected chi connectivity index (χ0v) is 10.7. The third-order valence-corrected chi connectivity index (χ3v) is 2.66. The Kier molecular flexibility index (Phi) is 3.34. The van der Waals surface area contributed by atoms with Crippen molar-refractivity contribution >= 4 is 5.69 Å². The van der Waals surface area contributed by atoms with Crippen molar-refractivity contribution < 1.29 is 5.11 Å². The third kappa shape index (κ3) is 3.30. The first kappa shape index (κ1) is 12.6. The van der Waals surface area contributed by atoms with Crippen LogP contribution < -0.4 is 5.73 Å². The van der Waals surface area contributed by atoms with Crippen LogP contribution in [0.4, 0.5) is 5.69 Å². The highest BCUT2D eigenvalue weighted by atomic mass is 16.3. The minimum atomic E-state index is -0.687. The zero-order chi connectivity index (χ0) is 13.2. The summed E-state index contributed by atoms with van der Waals surface area (Å²) in [5, 5.41) is 14.0. The molecule has 1 aromatic carbocycles. The van der Waals surface area contributed by atoms with Gasteiger partial charge in [0.15, 0.2) is 5.82 Å². The molecule has 0 spiro atoms. The lowest BCUT2D eigenvalue weighted by Crippen LogP contribution is -2.21. The normalized spacial score (nSPS) is 11.7. The van der Waals surface area contributed by atoms with Crippen LogP contribution in [0.1, 0.15) is 20.3 Å². The number of nitrogens with zero attached hydrogens (tertiary/aromatic N) is 3. The largest absolute Gasteiger partial charge is 0.399 e. The molecular formula is C13H18N4O. The second-order valence-corrected chi connectivity index (χ2v) is 5.02. The molecule has 0 unspecified atom stereocenters. The van der Waals surface area contributed by atoms with E-state index in [4.69, 9.17) is 5.73 Å². The molecule has 2 rings (SSSR count). The van der Waals surface area contributed by atoms with Crippen LogP contribution in [0.5, 0.6) is 0 Å². The van der Waals surface area contributed by atoms with Gasteiger partial charge in [0.1, 0.15) is 6.33 Å². The standard InChI is InChI=1S/C13H18N4O/c1-13(2,18)7-8-17-9-15-12(16-17)10-3-5-11(14)6-4-10/h3-6,9,18H,7-8,14H2,1-2H3. The van der Waals surface area contributed by atoms with Gasteiger partial charge in [0.25, 0.3) is 0 Å². The molecule has 0 radical (unpaired) electrons. The first-order valence-electron chi connectivity index (χ1n) is 5.92. The fourth-order valence-electron chi connectivity index (χ4n) is 1.55. The van der Waals surface area contributed by atoms with Crippen LogP contribution >= 0.6 is 0 Å². The van der Waals surface area contributed by atoms with Crippen molar-refractivity contribution in [2.75, 3.05) is 5.73 Å². The highest BCUT2D eigenvalue weighted by Gasteiger charge is 2.13. The van der Waals surface area contributed by atoms with Crippen molar-refractivity contribution in [3.05, 3.63) is 30.6 Å². The molecule has 0 saturated carbocycles. The summed E-state index contributed by atoms with van der Waals surface area (Å²) in [5.41, 5.74) is 6.60. The molecule has 1 heterocycles. The number of benzene rings is 1. The van der Waals surface area contributed by atoms with Gasteiger partial charge in [0.05, 0.1) is 5.60 Å². The van der Waals surface area contributed by atoms with E-state index in [0.717, 1.165) is 11.3 Å². The number of anilines is 1. The van der Waals surface area contributed by atoms with Crippen molar-refractivity contribution in [1.29, 1.82) is 0 Å². The summed E-state index contributed by atoms with van der Waals surface area (Å²) < 4.78 is 1.74. The lowest BCUT2D eigenvalue weighted by Gasteiger charge is -2.15.